The normalized spacial score (nSPS) is 13.5. The molecule has 0 saturated carbocycles. The van der Waals surface area contributed by atoms with Gasteiger partial charge in [0.05, 0.1) is 49.3 Å². The van der Waals surface area contributed by atoms with E-state index < -0.39 is 93.5 Å². The van der Waals surface area contributed by atoms with Crippen molar-refractivity contribution in [1.82, 2.24) is 10.6 Å². The van der Waals surface area contributed by atoms with E-state index in [4.69, 9.17) is 34.2 Å². The van der Waals surface area contributed by atoms with Gasteiger partial charge in [0.15, 0.2) is 0 Å². The fourth-order valence-electron chi connectivity index (χ4n) is 6.98. The zero-order valence-corrected chi connectivity index (χ0v) is 51.7. The summed E-state index contributed by atoms with van der Waals surface area (Å²) in [7, 11) is -14.9. The Labute approximate surface area is 491 Å². The molecule has 0 radical (unpaired) electrons. The molecule has 464 valence electrons. The lowest BCUT2D eigenvalue weighted by molar-refractivity contribution is -0.423. The quantitative estimate of drug-likeness (QED) is 0.0318. The Bertz CT molecular complexity index is 2970. The average Bonchev–Trinajstić information content (AvgIpc) is 3.36. The second kappa shape index (κ2) is 37.4. The zero-order chi connectivity index (χ0) is 62.9. The summed E-state index contributed by atoms with van der Waals surface area (Å²) >= 11 is 0. The predicted molar refractivity (Wildman–Crippen MR) is 321 cm³/mol. The van der Waals surface area contributed by atoms with Crippen molar-refractivity contribution in [3.8, 4) is 0 Å². The molecule has 83 heavy (non-hydrogen) atoms. The molecule has 5 aromatic carbocycles. The van der Waals surface area contributed by atoms with Gasteiger partial charge in [-0.25, -0.2) is 9.59 Å². The SMILES string of the molecule is CC(C)(C)OC(=O)N[C@H](CO)Cc1ccccc1.CC(C)(C)OC(=O)N[C@H](COS(C)(=O)=O)Cc1ccccc1.CS(=O)(=O)OC[C@@H]([NH3+])Cc1ccccc1.N[C@@H](Cc1ccccc1)CS(=O)(=O)O.N[C@@H](Cc1ccccc1)CS(=O)(=O)O. The topological polar surface area (TPSA) is 372 Å². The van der Waals surface area contributed by atoms with E-state index in [-0.39, 0.29) is 31.9 Å². The number of amides is 2. The number of aliphatic hydroxyl groups is 1. The molecule has 2 amide bonds. The summed E-state index contributed by atoms with van der Waals surface area (Å²) < 4.78 is 123. The summed E-state index contributed by atoms with van der Waals surface area (Å²) in [5.41, 5.74) is 18.9. The van der Waals surface area contributed by atoms with Crippen molar-refractivity contribution in [3.05, 3.63) is 179 Å². The standard InChI is InChI=1S/C15H23NO5S.C14H21NO3.C10H15NO3S.2C9H13NO3S/c1-15(2,3)21-14(17)16-13(11-20-22(4,18)19)10-12-8-6-5-7-9-12;1-14(2,3)18-13(17)15-12(10-16)9-11-7-5-4-6-8-11;1-15(12,13)14-8-10(11)7-9-5-3-2-4-6-9;2*10-9(7-14(11,12)13)6-8-4-2-1-3-5-8/h5-9,13H,10-11H2,1-4H3,(H,16,17);4-8,12,16H,9-10H2,1-3H3,(H,15,17);2-6,10H,7-8,11H2,1H3;2*1-5,9H,6-7,10H2,(H,11,12,13)/p+1/t13-;12-;10-;2*9-/m00000/s1. The first kappa shape index (κ1) is 75.1. The van der Waals surface area contributed by atoms with Crippen LogP contribution in [0.1, 0.15) is 69.4 Å². The van der Waals surface area contributed by atoms with Crippen molar-refractivity contribution in [2.75, 3.05) is 43.8 Å². The number of carbonyl (C=O) groups excluding carboxylic acids is 2. The number of aliphatic hydroxyl groups excluding tert-OH is 1. The number of ether oxygens (including phenoxy) is 2. The van der Waals surface area contributed by atoms with Crippen LogP contribution in [0, 0.1) is 0 Å². The summed E-state index contributed by atoms with van der Waals surface area (Å²) in [6.07, 6.45) is 3.54. The molecule has 0 saturated heterocycles. The first-order chi connectivity index (χ1) is 38.4. The van der Waals surface area contributed by atoms with Crippen LogP contribution in [-0.2, 0) is 90.4 Å². The molecule has 26 heteroatoms. The van der Waals surface area contributed by atoms with Crippen LogP contribution < -0.4 is 27.8 Å². The minimum absolute atomic E-state index is 0.0536. The van der Waals surface area contributed by atoms with Crippen LogP contribution in [0.25, 0.3) is 0 Å². The Morgan fingerprint density at radius 3 is 1.01 bits per heavy atom. The van der Waals surface area contributed by atoms with Gasteiger partial charge in [-0.05, 0) is 95.0 Å². The highest BCUT2D eigenvalue weighted by molar-refractivity contribution is 7.86. The van der Waals surface area contributed by atoms with Gasteiger partial charge in [0, 0.05) is 18.5 Å². The lowest BCUT2D eigenvalue weighted by Gasteiger charge is -2.23. The second-order valence-corrected chi connectivity index (χ2v) is 27.5. The van der Waals surface area contributed by atoms with E-state index in [1.807, 2.05) is 152 Å². The Hall–Kier alpha value is -5.88. The lowest BCUT2D eigenvalue weighted by atomic mass is 10.1. The highest BCUT2D eigenvalue weighted by Crippen LogP contribution is 2.12. The highest BCUT2D eigenvalue weighted by Gasteiger charge is 2.22. The molecule has 12 N–H and O–H groups in total. The maximum atomic E-state index is 11.8. The van der Waals surface area contributed by atoms with E-state index in [2.05, 4.69) is 20.6 Å². The number of rotatable bonds is 23. The average molecular weight is 1240 g/mol. The molecule has 0 unspecified atom stereocenters. The fraction of sp³-hybridized carbons (Fsp3) is 0.439. The molecule has 5 atom stereocenters. The Morgan fingerprint density at radius 2 is 0.735 bits per heavy atom. The van der Waals surface area contributed by atoms with E-state index in [0.29, 0.717) is 25.7 Å². The Morgan fingerprint density at radius 1 is 0.470 bits per heavy atom. The van der Waals surface area contributed by atoms with E-state index in [1.54, 1.807) is 41.5 Å². The van der Waals surface area contributed by atoms with E-state index in [1.165, 1.54) is 0 Å². The number of benzene rings is 5. The van der Waals surface area contributed by atoms with Crippen LogP contribution in [0.3, 0.4) is 0 Å². The first-order valence-electron chi connectivity index (χ1n) is 26.1. The van der Waals surface area contributed by atoms with E-state index >= 15 is 0 Å². The van der Waals surface area contributed by atoms with Gasteiger partial charge in [0.25, 0.3) is 40.5 Å². The van der Waals surface area contributed by atoms with E-state index in [0.717, 1.165) is 46.7 Å². The van der Waals surface area contributed by atoms with Crippen LogP contribution >= 0.6 is 0 Å². The predicted octanol–water partition coefficient (Wildman–Crippen LogP) is 4.92. The maximum absolute atomic E-state index is 11.8. The van der Waals surface area contributed by atoms with Crippen molar-refractivity contribution in [3.63, 3.8) is 0 Å². The summed E-state index contributed by atoms with van der Waals surface area (Å²) in [5, 5.41) is 14.6. The van der Waals surface area contributed by atoms with Gasteiger partial charge in [0.2, 0.25) is 0 Å². The summed E-state index contributed by atoms with van der Waals surface area (Å²) in [6.45, 7) is 10.5. The molecule has 22 nitrogen and oxygen atoms in total. The monoisotopic (exact) mass is 1240 g/mol. The van der Waals surface area contributed by atoms with Crippen LogP contribution in [0.4, 0.5) is 9.59 Å². The number of hydrogen-bond donors (Lipinski definition) is 8. The van der Waals surface area contributed by atoms with Crippen molar-refractivity contribution >= 4 is 52.7 Å². The summed E-state index contributed by atoms with van der Waals surface area (Å²) in [6, 6.07) is 45.5. The van der Waals surface area contributed by atoms with Gasteiger partial charge >= 0.3 is 12.2 Å². The number of quaternary nitrogens is 1. The molecule has 0 spiro atoms. The molecular formula is C57H86N5O17S4+. The molecule has 0 aliphatic carbocycles. The molecule has 5 aromatic rings. The smallest absolute Gasteiger partial charge is 0.407 e. The van der Waals surface area contributed by atoms with Crippen molar-refractivity contribution in [2.24, 2.45) is 11.5 Å². The fourth-order valence-corrected chi connectivity index (χ4v) is 9.15. The molecule has 5 rings (SSSR count). The molecule has 0 bridgehead atoms. The molecular weight excluding hydrogens is 1150 g/mol. The van der Waals surface area contributed by atoms with Crippen LogP contribution in [0.5, 0.6) is 0 Å². The zero-order valence-electron chi connectivity index (χ0n) is 48.4. The van der Waals surface area contributed by atoms with Crippen molar-refractivity contribution in [1.29, 1.82) is 0 Å². The van der Waals surface area contributed by atoms with Crippen LogP contribution in [0.15, 0.2) is 152 Å². The largest absolute Gasteiger partial charge is 0.444 e. The highest BCUT2D eigenvalue weighted by atomic mass is 32.2. The molecule has 0 aliphatic heterocycles. The molecule has 0 aliphatic rings. The van der Waals surface area contributed by atoms with Gasteiger partial charge < -0.3 is 42.4 Å². The lowest BCUT2D eigenvalue weighted by Crippen LogP contribution is -2.64. The second-order valence-electron chi connectivity index (χ2n) is 21.2. The molecule has 0 aromatic heterocycles. The van der Waals surface area contributed by atoms with Gasteiger partial charge in [-0.15, -0.1) is 0 Å². The third-order valence-corrected chi connectivity index (χ3v) is 13.0. The Kier molecular flexibility index (Phi) is 33.9. The van der Waals surface area contributed by atoms with Gasteiger partial charge in [-0.3, -0.25) is 17.5 Å². The molecule has 0 heterocycles. The number of nitrogens with one attached hydrogen (secondary N) is 2. The van der Waals surface area contributed by atoms with Crippen LogP contribution in [0.2, 0.25) is 0 Å². The Balaban J connectivity index is 0.000000525. The van der Waals surface area contributed by atoms with Crippen LogP contribution in [-0.4, -0.2) is 145 Å². The summed E-state index contributed by atoms with van der Waals surface area (Å²) in [4.78, 5) is 23.4. The number of alkyl carbamates (subject to hydrolysis) is 2. The third-order valence-electron chi connectivity index (χ3n) is 10.2. The maximum Gasteiger partial charge on any atom is 0.407 e. The number of carbonyl (C=O) groups is 2. The summed E-state index contributed by atoms with van der Waals surface area (Å²) in [5.74, 6) is -0.802. The van der Waals surface area contributed by atoms with Crippen molar-refractivity contribution in [2.45, 2.75) is 115 Å². The van der Waals surface area contributed by atoms with Crippen molar-refractivity contribution < 1.29 is 81.0 Å². The third kappa shape index (κ3) is 45.3. The number of hydrogen-bond acceptors (Lipinski definition) is 17. The minimum Gasteiger partial charge on any atom is -0.444 e. The first-order valence-corrected chi connectivity index (χ1v) is 33.0. The minimum atomic E-state index is -3.97. The van der Waals surface area contributed by atoms with Gasteiger partial charge in [-0.2, -0.15) is 33.7 Å². The molecule has 0 fully saturated rings. The van der Waals surface area contributed by atoms with Gasteiger partial charge in [0.1, 0.15) is 23.9 Å². The van der Waals surface area contributed by atoms with Gasteiger partial charge in [-0.1, -0.05) is 152 Å². The number of nitrogens with two attached hydrogens (primary N) is 2. The van der Waals surface area contributed by atoms with E-state index in [9.17, 15) is 48.4 Å².